The summed E-state index contributed by atoms with van der Waals surface area (Å²) < 4.78 is 2.18. The Balaban J connectivity index is 1.57. The van der Waals surface area contributed by atoms with Gasteiger partial charge in [0.25, 0.3) is 0 Å². The highest BCUT2D eigenvalue weighted by Crippen LogP contribution is 2.27. The second-order valence-corrected chi connectivity index (χ2v) is 6.61. The number of hydrogen-bond acceptors (Lipinski definition) is 3. The van der Waals surface area contributed by atoms with Gasteiger partial charge < -0.3 is 5.73 Å². The third-order valence-corrected chi connectivity index (χ3v) is 4.94. The number of rotatable bonds is 4. The predicted octanol–water partition coefficient (Wildman–Crippen LogP) is 2.54. The number of likely N-dealkylation sites (tertiary alicyclic amines) is 1. The average Bonchev–Trinajstić information content (AvgIpc) is 2.97. The molecule has 5 nitrogen and oxygen atoms in total. The Kier molecular flexibility index (Phi) is 4.58. The molecule has 0 bridgehead atoms. The van der Waals surface area contributed by atoms with Crippen LogP contribution >= 0.6 is 0 Å². The van der Waals surface area contributed by atoms with Crippen molar-refractivity contribution in [2.24, 2.45) is 11.7 Å². The fourth-order valence-electron chi connectivity index (χ4n) is 3.69. The Hall–Kier alpha value is -1.36. The predicted molar refractivity (Wildman–Crippen MR) is 84.3 cm³/mol. The number of nitrogens with two attached hydrogens (primary N) is 1. The van der Waals surface area contributed by atoms with E-state index in [9.17, 15) is 0 Å². The molecule has 2 fully saturated rings. The van der Waals surface area contributed by atoms with Gasteiger partial charge in [-0.15, -0.1) is 0 Å². The number of nitrogens with zero attached hydrogens (tertiary/aromatic N) is 3. The third kappa shape index (κ3) is 3.64. The molecule has 2 aliphatic rings. The summed E-state index contributed by atoms with van der Waals surface area (Å²) in [4.78, 5) is 2.39. The molecule has 0 amide bonds. The molecule has 1 aromatic heterocycles. The maximum Gasteiger partial charge on any atom is 0.0949 e. The molecule has 0 radical (unpaired) electrons. The molecule has 0 spiro atoms. The summed E-state index contributed by atoms with van der Waals surface area (Å²) in [5.74, 6) is 0.576. The molecule has 1 aromatic rings. The van der Waals surface area contributed by atoms with Crippen molar-refractivity contribution in [3.05, 3.63) is 18.0 Å². The van der Waals surface area contributed by atoms with Gasteiger partial charge in [0.2, 0.25) is 0 Å². The summed E-state index contributed by atoms with van der Waals surface area (Å²) in [7, 11) is 0. The van der Waals surface area contributed by atoms with Crippen LogP contribution in [0.5, 0.6) is 0 Å². The molecule has 1 saturated carbocycles. The first-order valence-corrected chi connectivity index (χ1v) is 8.32. The van der Waals surface area contributed by atoms with E-state index in [1.54, 1.807) is 0 Å². The summed E-state index contributed by atoms with van der Waals surface area (Å²) >= 11 is 0. The fourth-order valence-corrected chi connectivity index (χ4v) is 3.69. The standard InChI is InChI=1S/C16H27N5/c17-16(18)13-5-4-9-20(11-13)12-14-8-10-21(19-14)15-6-2-1-3-7-15/h8,10,13,15H,1-7,9,11-12H2,(H3,17,18). The molecule has 2 heterocycles. The average molecular weight is 289 g/mol. The zero-order chi connectivity index (χ0) is 14.7. The minimum atomic E-state index is 0.235. The van der Waals surface area contributed by atoms with Gasteiger partial charge in [-0.1, -0.05) is 19.3 Å². The maximum atomic E-state index is 7.63. The van der Waals surface area contributed by atoms with Crippen LogP contribution in [0.2, 0.25) is 0 Å². The molecular weight excluding hydrogens is 262 g/mol. The second kappa shape index (κ2) is 6.60. The van der Waals surface area contributed by atoms with Crippen LogP contribution in [0.25, 0.3) is 0 Å². The lowest BCUT2D eigenvalue weighted by Gasteiger charge is -2.31. The number of piperidine rings is 1. The van der Waals surface area contributed by atoms with Crippen molar-refractivity contribution >= 4 is 5.84 Å². The van der Waals surface area contributed by atoms with E-state index in [0.717, 1.165) is 38.2 Å². The van der Waals surface area contributed by atoms with Gasteiger partial charge in [-0.05, 0) is 38.3 Å². The lowest BCUT2D eigenvalue weighted by molar-refractivity contribution is 0.192. The normalized spacial score (nSPS) is 25.0. The summed E-state index contributed by atoms with van der Waals surface area (Å²) in [5.41, 5.74) is 6.82. The molecule has 0 aromatic carbocycles. The maximum absolute atomic E-state index is 7.63. The van der Waals surface area contributed by atoms with Gasteiger partial charge >= 0.3 is 0 Å². The highest BCUT2D eigenvalue weighted by molar-refractivity contribution is 5.79. The number of nitrogens with one attached hydrogen (secondary N) is 1. The van der Waals surface area contributed by atoms with Gasteiger partial charge in [-0.2, -0.15) is 5.10 Å². The Labute approximate surface area is 127 Å². The zero-order valence-corrected chi connectivity index (χ0v) is 12.8. The Morgan fingerprint density at radius 1 is 1.24 bits per heavy atom. The van der Waals surface area contributed by atoms with Crippen LogP contribution in [0.1, 0.15) is 56.7 Å². The smallest absolute Gasteiger partial charge is 0.0949 e. The lowest BCUT2D eigenvalue weighted by atomic mass is 9.96. The monoisotopic (exact) mass is 289 g/mol. The Bertz CT molecular complexity index is 475. The number of aromatic nitrogens is 2. The van der Waals surface area contributed by atoms with Crippen LogP contribution in [0, 0.1) is 11.3 Å². The van der Waals surface area contributed by atoms with Crippen molar-refractivity contribution in [3.63, 3.8) is 0 Å². The summed E-state index contributed by atoms with van der Waals surface area (Å²) in [5, 5.41) is 12.4. The molecule has 1 aliphatic heterocycles. The van der Waals surface area contributed by atoms with Crippen LogP contribution < -0.4 is 5.73 Å². The van der Waals surface area contributed by atoms with Crippen molar-refractivity contribution in [2.75, 3.05) is 13.1 Å². The van der Waals surface area contributed by atoms with Gasteiger partial charge in [-0.3, -0.25) is 15.0 Å². The van der Waals surface area contributed by atoms with Crippen LogP contribution in [-0.2, 0) is 6.54 Å². The van der Waals surface area contributed by atoms with Crippen molar-refractivity contribution in [1.29, 1.82) is 5.41 Å². The first-order chi connectivity index (χ1) is 10.2. The van der Waals surface area contributed by atoms with Gasteiger partial charge in [0.15, 0.2) is 0 Å². The van der Waals surface area contributed by atoms with Crippen molar-refractivity contribution < 1.29 is 0 Å². The second-order valence-electron chi connectivity index (χ2n) is 6.61. The quantitative estimate of drug-likeness (QED) is 0.661. The van der Waals surface area contributed by atoms with E-state index in [0.29, 0.717) is 11.9 Å². The molecule has 116 valence electrons. The van der Waals surface area contributed by atoms with Crippen LogP contribution in [0.4, 0.5) is 0 Å². The van der Waals surface area contributed by atoms with E-state index in [1.807, 2.05) is 0 Å². The molecule has 1 atom stereocenters. The van der Waals surface area contributed by atoms with E-state index in [4.69, 9.17) is 16.2 Å². The first-order valence-electron chi connectivity index (χ1n) is 8.32. The van der Waals surface area contributed by atoms with Gasteiger partial charge in [0, 0.05) is 25.2 Å². The van der Waals surface area contributed by atoms with Gasteiger partial charge in [-0.25, -0.2) is 0 Å². The van der Waals surface area contributed by atoms with Crippen LogP contribution in [-0.4, -0.2) is 33.6 Å². The largest absolute Gasteiger partial charge is 0.387 e. The first kappa shape index (κ1) is 14.6. The van der Waals surface area contributed by atoms with Crippen LogP contribution in [0.15, 0.2) is 12.3 Å². The molecule has 1 aliphatic carbocycles. The zero-order valence-electron chi connectivity index (χ0n) is 12.8. The third-order valence-electron chi connectivity index (χ3n) is 4.94. The lowest BCUT2D eigenvalue weighted by Crippen LogP contribution is -2.40. The van der Waals surface area contributed by atoms with E-state index in [-0.39, 0.29) is 5.92 Å². The van der Waals surface area contributed by atoms with Crippen molar-refractivity contribution in [3.8, 4) is 0 Å². The van der Waals surface area contributed by atoms with E-state index in [1.165, 1.54) is 32.1 Å². The SMILES string of the molecule is N=C(N)C1CCCN(Cc2ccn(C3CCCCC3)n2)C1. The number of hydrogen-bond donors (Lipinski definition) is 2. The molecule has 3 N–H and O–H groups in total. The molecule has 5 heteroatoms. The highest BCUT2D eigenvalue weighted by Gasteiger charge is 2.23. The summed E-state index contributed by atoms with van der Waals surface area (Å²) in [6.07, 6.45) is 10.9. The Morgan fingerprint density at radius 3 is 2.81 bits per heavy atom. The van der Waals surface area contributed by atoms with E-state index in [2.05, 4.69) is 21.8 Å². The van der Waals surface area contributed by atoms with Crippen molar-refractivity contribution in [2.45, 2.75) is 57.5 Å². The molecule has 3 rings (SSSR count). The summed E-state index contributed by atoms with van der Waals surface area (Å²) in [6, 6.07) is 2.77. The van der Waals surface area contributed by atoms with Crippen molar-refractivity contribution in [1.82, 2.24) is 14.7 Å². The minimum Gasteiger partial charge on any atom is -0.387 e. The highest BCUT2D eigenvalue weighted by atomic mass is 15.3. The number of amidine groups is 1. The topological polar surface area (TPSA) is 70.9 Å². The van der Waals surface area contributed by atoms with E-state index < -0.39 is 0 Å². The molecular formula is C16H27N5. The molecule has 1 unspecified atom stereocenters. The molecule has 21 heavy (non-hydrogen) atoms. The van der Waals surface area contributed by atoms with Gasteiger partial charge in [0.1, 0.15) is 0 Å². The minimum absolute atomic E-state index is 0.235. The van der Waals surface area contributed by atoms with E-state index >= 15 is 0 Å². The Morgan fingerprint density at radius 2 is 2.05 bits per heavy atom. The van der Waals surface area contributed by atoms with Crippen LogP contribution in [0.3, 0.4) is 0 Å². The molecule has 1 saturated heterocycles. The summed E-state index contributed by atoms with van der Waals surface area (Å²) in [6.45, 7) is 2.90. The van der Waals surface area contributed by atoms with Gasteiger partial charge in [0.05, 0.1) is 17.6 Å². The fraction of sp³-hybridized carbons (Fsp3) is 0.750.